The van der Waals surface area contributed by atoms with Gasteiger partial charge < -0.3 is 10.2 Å². The van der Waals surface area contributed by atoms with Gasteiger partial charge in [0.2, 0.25) is 0 Å². The van der Waals surface area contributed by atoms with Crippen LogP contribution in [-0.2, 0) is 0 Å². The molecule has 5 nitrogen and oxygen atoms in total. The summed E-state index contributed by atoms with van der Waals surface area (Å²) in [5.41, 5.74) is 2.04. The number of hydrogen-bond donors (Lipinski definition) is 4. The van der Waals surface area contributed by atoms with E-state index in [0.29, 0.717) is 18.0 Å². The molecule has 6 heteroatoms. The molecular weight excluding hydrogens is 261 g/mol. The molecule has 1 saturated heterocycles. The van der Waals surface area contributed by atoms with Crippen molar-refractivity contribution in [1.82, 2.24) is 10.2 Å². The lowest BCUT2D eigenvalue weighted by molar-refractivity contribution is 0.186. The molecule has 1 aromatic carbocycles. The molecule has 0 spiro atoms. The summed E-state index contributed by atoms with van der Waals surface area (Å²) < 4.78 is 0. The first-order valence-corrected chi connectivity index (χ1v) is 7.53. The summed E-state index contributed by atoms with van der Waals surface area (Å²) in [6, 6.07) is 8.55. The van der Waals surface area contributed by atoms with Crippen LogP contribution in [0.25, 0.3) is 0 Å². The summed E-state index contributed by atoms with van der Waals surface area (Å²) in [4.78, 5) is 2.06. The molecule has 1 aliphatic heterocycles. The van der Waals surface area contributed by atoms with Gasteiger partial charge in [0.25, 0.3) is 0 Å². The molecule has 1 aromatic rings. The van der Waals surface area contributed by atoms with Crippen LogP contribution in [0.4, 0.5) is 5.69 Å². The summed E-state index contributed by atoms with van der Waals surface area (Å²) in [5, 5.41) is 22.0. The lowest BCUT2D eigenvalue weighted by Crippen LogP contribution is -2.54. The third-order valence-corrected chi connectivity index (χ3v) is 4.02. The van der Waals surface area contributed by atoms with Crippen LogP contribution in [0.3, 0.4) is 0 Å². The molecule has 0 saturated carbocycles. The number of hydrogen-bond acceptors (Lipinski definition) is 2. The number of piperidine rings is 1. The van der Waals surface area contributed by atoms with Gasteiger partial charge in [-0.25, -0.2) is 0 Å². The summed E-state index contributed by atoms with van der Waals surface area (Å²) in [6.45, 7) is 4.28. The molecule has 1 heterocycles. The minimum atomic E-state index is 0.133. The van der Waals surface area contributed by atoms with Crippen LogP contribution in [0.1, 0.15) is 33.1 Å². The van der Waals surface area contributed by atoms with Crippen molar-refractivity contribution in [1.29, 1.82) is 10.8 Å². The van der Waals surface area contributed by atoms with E-state index >= 15 is 0 Å². The maximum Gasteiger partial charge on any atom is 0.199 e. The smallest absolute Gasteiger partial charge is 0.199 e. The van der Waals surface area contributed by atoms with Crippen LogP contribution >= 0.6 is 0 Å². The molecule has 21 heavy (non-hydrogen) atoms. The molecule has 2 atom stereocenters. The van der Waals surface area contributed by atoms with Crippen LogP contribution in [0.15, 0.2) is 24.3 Å². The Kier molecular flexibility index (Phi) is 4.88. The third kappa shape index (κ3) is 4.00. The van der Waals surface area contributed by atoms with Gasteiger partial charge in [-0.1, -0.05) is 17.6 Å². The Morgan fingerprint density at radius 3 is 2.29 bits per heavy atom. The zero-order chi connectivity index (χ0) is 15.4. The van der Waals surface area contributed by atoms with E-state index in [4.69, 9.17) is 10.8 Å². The van der Waals surface area contributed by atoms with Gasteiger partial charge in [0, 0.05) is 17.8 Å². The lowest BCUT2D eigenvalue weighted by Gasteiger charge is -2.40. The highest BCUT2D eigenvalue weighted by molar-refractivity contribution is 6.32. The Morgan fingerprint density at radius 2 is 1.71 bits per heavy atom. The second-order valence-electron chi connectivity index (χ2n) is 5.88. The SMILES string of the molecule is Bc1ccc(NC(=N)NC(=N)N2C(C)CCCC2C)cc1. The highest BCUT2D eigenvalue weighted by atomic mass is 15.3. The highest BCUT2D eigenvalue weighted by Crippen LogP contribution is 2.21. The Hall–Kier alpha value is -1.98. The van der Waals surface area contributed by atoms with E-state index in [1.54, 1.807) is 0 Å². The average molecular weight is 285 g/mol. The van der Waals surface area contributed by atoms with Gasteiger partial charge in [0.1, 0.15) is 7.85 Å². The number of anilines is 1. The highest BCUT2D eigenvalue weighted by Gasteiger charge is 2.27. The Labute approximate surface area is 127 Å². The molecule has 0 aliphatic carbocycles. The normalized spacial score (nSPS) is 21.7. The molecular formula is C15H24BN5. The van der Waals surface area contributed by atoms with E-state index in [-0.39, 0.29) is 5.96 Å². The molecule has 1 fully saturated rings. The van der Waals surface area contributed by atoms with E-state index in [0.717, 1.165) is 18.5 Å². The molecule has 0 aromatic heterocycles. The molecule has 0 amide bonds. The summed E-state index contributed by atoms with van der Waals surface area (Å²) in [6.07, 6.45) is 3.42. The van der Waals surface area contributed by atoms with E-state index in [1.165, 1.54) is 11.9 Å². The van der Waals surface area contributed by atoms with E-state index in [9.17, 15) is 0 Å². The fourth-order valence-electron chi connectivity index (χ4n) is 2.86. The van der Waals surface area contributed by atoms with Crippen molar-refractivity contribution in [3.63, 3.8) is 0 Å². The van der Waals surface area contributed by atoms with Crippen LogP contribution < -0.4 is 16.1 Å². The largest absolute Gasteiger partial charge is 0.337 e. The number of rotatable bonds is 1. The van der Waals surface area contributed by atoms with E-state index < -0.39 is 0 Å². The summed E-state index contributed by atoms with van der Waals surface area (Å²) in [7, 11) is 2.03. The molecule has 0 radical (unpaired) electrons. The fraction of sp³-hybridized carbons (Fsp3) is 0.467. The first kappa shape index (κ1) is 15.4. The maximum absolute atomic E-state index is 8.21. The Morgan fingerprint density at radius 1 is 1.14 bits per heavy atom. The molecule has 112 valence electrons. The summed E-state index contributed by atoms with van der Waals surface area (Å²) >= 11 is 0. The van der Waals surface area contributed by atoms with Crippen molar-refractivity contribution in [2.24, 2.45) is 0 Å². The molecule has 4 N–H and O–H groups in total. The van der Waals surface area contributed by atoms with E-state index in [1.807, 2.05) is 32.1 Å². The van der Waals surface area contributed by atoms with Crippen molar-refractivity contribution < 1.29 is 0 Å². The quantitative estimate of drug-likeness (QED) is 0.354. The van der Waals surface area contributed by atoms with Gasteiger partial charge in [-0.05, 0) is 45.2 Å². The third-order valence-electron chi connectivity index (χ3n) is 4.02. The van der Waals surface area contributed by atoms with Crippen LogP contribution in [0.2, 0.25) is 0 Å². The van der Waals surface area contributed by atoms with Crippen molar-refractivity contribution in [3.8, 4) is 0 Å². The minimum absolute atomic E-state index is 0.133. The van der Waals surface area contributed by atoms with Crippen LogP contribution in [-0.4, -0.2) is 36.7 Å². The first-order chi connectivity index (χ1) is 9.97. The lowest BCUT2D eigenvalue weighted by atomic mass is 9.96. The zero-order valence-corrected chi connectivity index (χ0v) is 13.0. The van der Waals surface area contributed by atoms with Crippen molar-refractivity contribution >= 4 is 30.9 Å². The zero-order valence-electron chi connectivity index (χ0n) is 13.0. The van der Waals surface area contributed by atoms with E-state index in [2.05, 4.69) is 29.4 Å². The topological polar surface area (TPSA) is 75.0 Å². The van der Waals surface area contributed by atoms with Crippen LogP contribution in [0, 0.1) is 10.8 Å². The first-order valence-electron chi connectivity index (χ1n) is 7.53. The fourth-order valence-corrected chi connectivity index (χ4v) is 2.86. The average Bonchev–Trinajstić information content (AvgIpc) is 2.41. The predicted molar refractivity (Wildman–Crippen MR) is 91.4 cm³/mol. The molecule has 0 bridgehead atoms. The molecule has 1 aliphatic rings. The molecule has 2 unspecified atom stereocenters. The monoisotopic (exact) mass is 285 g/mol. The number of nitrogens with zero attached hydrogens (tertiary/aromatic N) is 1. The maximum atomic E-state index is 8.21. The Balaban J connectivity index is 1.92. The number of nitrogens with one attached hydrogen (secondary N) is 4. The van der Waals surface area contributed by atoms with Gasteiger partial charge in [-0.15, -0.1) is 0 Å². The predicted octanol–water partition coefficient (Wildman–Crippen LogP) is 1.08. The second-order valence-corrected chi connectivity index (χ2v) is 5.88. The Bertz CT molecular complexity index is 503. The minimum Gasteiger partial charge on any atom is -0.337 e. The van der Waals surface area contributed by atoms with Gasteiger partial charge in [-0.3, -0.25) is 16.1 Å². The van der Waals surface area contributed by atoms with Crippen LogP contribution in [0.5, 0.6) is 0 Å². The standard InChI is InChI=1S/C15H24BN5/c1-10-4-3-5-11(2)21(10)15(18)20-14(17)19-13-8-6-12(16)7-9-13/h6-11H,3-5,16H2,1-2H3,(H4,17,18,19,20). The number of likely N-dealkylation sites (tertiary alicyclic amines) is 1. The second kappa shape index (κ2) is 6.65. The van der Waals surface area contributed by atoms with Crippen molar-refractivity contribution in [3.05, 3.63) is 24.3 Å². The number of guanidine groups is 2. The van der Waals surface area contributed by atoms with Gasteiger partial charge in [-0.2, -0.15) is 0 Å². The molecule has 2 rings (SSSR count). The van der Waals surface area contributed by atoms with Gasteiger partial charge in [0.05, 0.1) is 0 Å². The number of benzene rings is 1. The van der Waals surface area contributed by atoms with Gasteiger partial charge >= 0.3 is 0 Å². The summed E-state index contributed by atoms with van der Waals surface area (Å²) in [5.74, 6) is 0.438. The van der Waals surface area contributed by atoms with Gasteiger partial charge in [0.15, 0.2) is 11.9 Å². The van der Waals surface area contributed by atoms with Crippen molar-refractivity contribution in [2.45, 2.75) is 45.2 Å². The van der Waals surface area contributed by atoms with Crippen molar-refractivity contribution in [2.75, 3.05) is 5.32 Å².